The summed E-state index contributed by atoms with van der Waals surface area (Å²) >= 11 is 1.25. The van der Waals surface area contributed by atoms with Crippen molar-refractivity contribution in [3.63, 3.8) is 0 Å². The number of ketones is 1. The fourth-order valence-corrected chi connectivity index (χ4v) is 5.86. The molecule has 1 N–H and O–H groups in total. The fourth-order valence-electron chi connectivity index (χ4n) is 4.77. The smallest absolute Gasteiger partial charge is 0.301 e. The molecule has 1 aliphatic heterocycles. The first kappa shape index (κ1) is 23.5. The Kier molecular flexibility index (Phi) is 5.31. The van der Waals surface area contributed by atoms with Crippen molar-refractivity contribution in [2.45, 2.75) is 19.9 Å². The molecule has 1 atom stereocenters. The highest BCUT2D eigenvalue weighted by molar-refractivity contribution is 7.22. The number of nitrogens with zero attached hydrogens (tertiary/aromatic N) is 5. The normalized spacial score (nSPS) is 17.1. The molecule has 0 spiro atoms. The molecule has 5 aromatic rings. The molecule has 0 bridgehead atoms. The van der Waals surface area contributed by atoms with Crippen LogP contribution in [0.3, 0.4) is 0 Å². The minimum Gasteiger partial charge on any atom is -0.505 e. The van der Waals surface area contributed by atoms with E-state index in [1.807, 2.05) is 25.1 Å². The molecule has 0 aliphatic carbocycles. The lowest BCUT2D eigenvalue weighted by Gasteiger charge is -2.22. The van der Waals surface area contributed by atoms with Gasteiger partial charge in [-0.25, -0.2) is 9.97 Å². The number of imidazole rings is 1. The summed E-state index contributed by atoms with van der Waals surface area (Å²) in [5, 5.41) is 23.1. The highest BCUT2D eigenvalue weighted by Gasteiger charge is 2.48. The number of aliphatic hydroxyl groups excluding tert-OH is 1. The molecular formula is C27H19N5O5S. The molecular weight excluding hydrogens is 506 g/mol. The van der Waals surface area contributed by atoms with Gasteiger partial charge in [0, 0.05) is 18.3 Å². The monoisotopic (exact) mass is 525 g/mol. The number of nitro benzene ring substituents is 1. The van der Waals surface area contributed by atoms with Crippen molar-refractivity contribution in [2.24, 2.45) is 0 Å². The lowest BCUT2D eigenvalue weighted by Crippen LogP contribution is -2.29. The van der Waals surface area contributed by atoms with Crippen LogP contribution in [0.15, 0.2) is 72.4 Å². The van der Waals surface area contributed by atoms with Crippen LogP contribution >= 0.6 is 11.3 Å². The molecule has 0 radical (unpaired) electrons. The Labute approximate surface area is 219 Å². The molecule has 11 heteroatoms. The molecule has 1 saturated heterocycles. The molecule has 38 heavy (non-hydrogen) atoms. The number of benzene rings is 2. The van der Waals surface area contributed by atoms with E-state index < -0.39 is 22.7 Å². The van der Waals surface area contributed by atoms with Crippen LogP contribution in [-0.4, -0.2) is 36.1 Å². The maximum Gasteiger partial charge on any atom is 0.301 e. The number of aliphatic hydroxyl groups is 1. The van der Waals surface area contributed by atoms with E-state index in [9.17, 15) is 24.8 Å². The zero-order chi connectivity index (χ0) is 26.7. The van der Waals surface area contributed by atoms with Gasteiger partial charge in [0.1, 0.15) is 11.3 Å². The number of amides is 1. The van der Waals surface area contributed by atoms with Crippen molar-refractivity contribution < 1.29 is 19.6 Å². The number of fused-ring (bicyclic) bond motifs is 2. The van der Waals surface area contributed by atoms with Crippen LogP contribution < -0.4 is 4.90 Å². The van der Waals surface area contributed by atoms with Gasteiger partial charge in [-0.05, 0) is 61.4 Å². The Morgan fingerprint density at radius 1 is 1.05 bits per heavy atom. The third-order valence-electron chi connectivity index (χ3n) is 6.53. The molecule has 4 heterocycles. The maximum atomic E-state index is 13.5. The zero-order valence-corrected chi connectivity index (χ0v) is 21.0. The summed E-state index contributed by atoms with van der Waals surface area (Å²) in [5.74, 6) is -2.12. The molecule has 1 unspecified atom stereocenters. The summed E-state index contributed by atoms with van der Waals surface area (Å²) in [4.78, 5) is 48.1. The summed E-state index contributed by atoms with van der Waals surface area (Å²) in [6.07, 6.45) is 1.71. The Bertz CT molecular complexity index is 1840. The SMILES string of the molecule is Cc1ccc2nc(N3C(=O)C(=O)C(=C(O)c4c(C)nc5ccccn45)C3c3ccc([N+](=O)[O-])cc3)sc2c1. The average molecular weight is 526 g/mol. The van der Waals surface area contributed by atoms with Crippen molar-refractivity contribution in [3.05, 3.63) is 105 Å². The van der Waals surface area contributed by atoms with Crippen LogP contribution in [0.25, 0.3) is 21.6 Å². The third-order valence-corrected chi connectivity index (χ3v) is 7.55. The van der Waals surface area contributed by atoms with Gasteiger partial charge >= 0.3 is 5.91 Å². The summed E-state index contributed by atoms with van der Waals surface area (Å²) < 4.78 is 2.48. The molecule has 0 saturated carbocycles. The first-order valence-corrected chi connectivity index (χ1v) is 12.4. The first-order chi connectivity index (χ1) is 18.2. The minimum atomic E-state index is -1.06. The number of nitro groups is 1. The predicted octanol–water partition coefficient (Wildman–Crippen LogP) is 5.10. The van der Waals surface area contributed by atoms with Crippen molar-refractivity contribution in [2.75, 3.05) is 4.90 Å². The Balaban J connectivity index is 1.60. The lowest BCUT2D eigenvalue weighted by atomic mass is 9.96. The van der Waals surface area contributed by atoms with Crippen LogP contribution in [-0.2, 0) is 9.59 Å². The van der Waals surface area contributed by atoms with Gasteiger partial charge in [-0.1, -0.05) is 23.5 Å². The summed E-state index contributed by atoms with van der Waals surface area (Å²) in [7, 11) is 0. The number of hydrogen-bond donors (Lipinski definition) is 1. The average Bonchev–Trinajstić information content (AvgIpc) is 3.54. The Hall–Kier alpha value is -4.90. The van der Waals surface area contributed by atoms with Crippen LogP contribution in [0.5, 0.6) is 0 Å². The highest BCUT2D eigenvalue weighted by Crippen LogP contribution is 2.45. The van der Waals surface area contributed by atoms with E-state index in [1.54, 1.807) is 35.7 Å². The molecule has 10 nitrogen and oxygen atoms in total. The van der Waals surface area contributed by atoms with Crippen molar-refractivity contribution in [1.29, 1.82) is 0 Å². The number of non-ortho nitro benzene ring substituents is 1. The van der Waals surface area contributed by atoms with E-state index in [4.69, 9.17) is 0 Å². The quantitative estimate of drug-likeness (QED) is 0.114. The van der Waals surface area contributed by atoms with E-state index in [0.29, 0.717) is 22.4 Å². The summed E-state index contributed by atoms with van der Waals surface area (Å²) in [5.41, 5.74) is 3.13. The molecule has 2 aromatic carbocycles. The lowest BCUT2D eigenvalue weighted by molar-refractivity contribution is -0.384. The molecule has 3 aromatic heterocycles. The fraction of sp³-hybridized carbons (Fsp3) is 0.111. The summed E-state index contributed by atoms with van der Waals surface area (Å²) in [6.45, 7) is 3.65. The van der Waals surface area contributed by atoms with E-state index in [1.165, 1.54) is 40.5 Å². The largest absolute Gasteiger partial charge is 0.505 e. The zero-order valence-electron chi connectivity index (χ0n) is 20.2. The van der Waals surface area contributed by atoms with Gasteiger partial charge in [-0.3, -0.25) is 29.0 Å². The second-order valence-corrected chi connectivity index (χ2v) is 9.97. The number of hydrogen-bond acceptors (Lipinski definition) is 8. The second kappa shape index (κ2) is 8.60. The van der Waals surface area contributed by atoms with Gasteiger partial charge < -0.3 is 5.11 Å². The van der Waals surface area contributed by atoms with Gasteiger partial charge in [-0.15, -0.1) is 0 Å². The molecule has 1 amide bonds. The topological polar surface area (TPSA) is 131 Å². The number of thiazole rings is 1. The molecule has 1 fully saturated rings. The molecule has 188 valence electrons. The van der Waals surface area contributed by atoms with Gasteiger partial charge in [0.25, 0.3) is 11.5 Å². The number of carbonyl (C=O) groups excluding carboxylic acids is 2. The standard InChI is InChI=1S/C27H19N5O5S/c1-14-6-11-18-19(13-14)38-27(29-18)31-23(16-7-9-17(10-8-16)32(36)37)21(25(34)26(31)35)24(33)22-15(2)28-20-5-3-4-12-30(20)22/h3-13,23,33H,1-2H3. The Morgan fingerprint density at radius 3 is 2.55 bits per heavy atom. The van der Waals surface area contributed by atoms with Crippen LogP contribution in [0.2, 0.25) is 0 Å². The van der Waals surface area contributed by atoms with E-state index >= 15 is 0 Å². The van der Waals surface area contributed by atoms with E-state index in [-0.39, 0.29) is 27.8 Å². The van der Waals surface area contributed by atoms with Crippen LogP contribution in [0, 0.1) is 24.0 Å². The number of aryl methyl sites for hydroxylation is 2. The van der Waals surface area contributed by atoms with Gasteiger partial charge in [0.05, 0.1) is 32.4 Å². The highest BCUT2D eigenvalue weighted by atomic mass is 32.1. The number of Topliss-reactive ketones (excluding diaryl/α,β-unsaturated/α-hetero) is 1. The summed E-state index contributed by atoms with van der Waals surface area (Å²) in [6, 6.07) is 15.5. The Morgan fingerprint density at radius 2 is 1.82 bits per heavy atom. The molecule has 6 rings (SSSR count). The van der Waals surface area contributed by atoms with Gasteiger partial charge in [0.15, 0.2) is 10.9 Å². The third kappa shape index (κ3) is 3.55. The number of anilines is 1. The minimum absolute atomic E-state index is 0.140. The number of carbonyl (C=O) groups is 2. The van der Waals surface area contributed by atoms with Crippen LogP contribution in [0.4, 0.5) is 10.8 Å². The number of aromatic nitrogens is 3. The number of rotatable bonds is 4. The van der Waals surface area contributed by atoms with Gasteiger partial charge in [-0.2, -0.15) is 0 Å². The van der Waals surface area contributed by atoms with Crippen molar-refractivity contribution in [1.82, 2.24) is 14.4 Å². The predicted molar refractivity (Wildman–Crippen MR) is 142 cm³/mol. The van der Waals surface area contributed by atoms with Gasteiger partial charge in [0.2, 0.25) is 0 Å². The van der Waals surface area contributed by atoms with E-state index in [0.717, 1.165) is 10.3 Å². The van der Waals surface area contributed by atoms with Crippen molar-refractivity contribution in [3.8, 4) is 0 Å². The van der Waals surface area contributed by atoms with Crippen LogP contribution in [0.1, 0.15) is 28.6 Å². The second-order valence-electron chi connectivity index (χ2n) is 8.96. The maximum absolute atomic E-state index is 13.5. The van der Waals surface area contributed by atoms with Crippen molar-refractivity contribution >= 4 is 55.5 Å². The van der Waals surface area contributed by atoms with E-state index in [2.05, 4.69) is 9.97 Å². The number of pyridine rings is 1. The first-order valence-electron chi connectivity index (χ1n) is 11.6. The molecule has 1 aliphatic rings.